The van der Waals surface area contributed by atoms with E-state index in [4.69, 9.17) is 0 Å². The number of halogens is 1. The first-order chi connectivity index (χ1) is 5.81. The molecular formula is C9H16BrNO. The Kier molecular flexibility index (Phi) is 8.56. The molecule has 0 saturated heterocycles. The molecule has 70 valence electrons. The molecule has 0 aromatic heterocycles. The first kappa shape index (κ1) is 11.7. The summed E-state index contributed by atoms with van der Waals surface area (Å²) in [6.45, 7) is 4.10. The van der Waals surface area contributed by atoms with Crippen LogP contribution in [0.15, 0.2) is 12.7 Å². The number of carbonyl (C=O) groups excluding carboxylic acids is 1. The van der Waals surface area contributed by atoms with E-state index < -0.39 is 0 Å². The van der Waals surface area contributed by atoms with Crippen LogP contribution in [0.4, 0.5) is 0 Å². The van der Waals surface area contributed by atoms with Gasteiger partial charge in [0, 0.05) is 18.3 Å². The minimum Gasteiger partial charge on any atom is -0.353 e. The topological polar surface area (TPSA) is 29.1 Å². The van der Waals surface area contributed by atoms with Gasteiger partial charge in [0.25, 0.3) is 0 Å². The summed E-state index contributed by atoms with van der Waals surface area (Å²) < 4.78 is 0. The molecule has 1 N–H and O–H groups in total. The fraction of sp³-hybridized carbons (Fsp3) is 0.667. The smallest absolute Gasteiger partial charge is 0.220 e. The van der Waals surface area contributed by atoms with Gasteiger partial charge < -0.3 is 5.32 Å². The summed E-state index contributed by atoms with van der Waals surface area (Å²) in [4.78, 5) is 11.0. The van der Waals surface area contributed by atoms with Gasteiger partial charge in [0.1, 0.15) is 0 Å². The lowest BCUT2D eigenvalue weighted by Gasteiger charge is -2.00. The lowest BCUT2D eigenvalue weighted by molar-refractivity contribution is -0.120. The fourth-order valence-electron chi connectivity index (χ4n) is 0.831. The Labute approximate surface area is 82.5 Å². The molecule has 12 heavy (non-hydrogen) atoms. The highest BCUT2D eigenvalue weighted by Gasteiger charge is 1.97. The first-order valence-electron chi connectivity index (χ1n) is 4.24. The Hall–Kier alpha value is -0.310. The van der Waals surface area contributed by atoms with Crippen LogP contribution < -0.4 is 5.32 Å². The van der Waals surface area contributed by atoms with Crippen molar-refractivity contribution in [1.82, 2.24) is 5.32 Å². The van der Waals surface area contributed by atoms with Crippen molar-refractivity contribution >= 4 is 21.8 Å². The van der Waals surface area contributed by atoms with E-state index in [2.05, 4.69) is 27.8 Å². The number of alkyl halides is 1. The molecule has 0 aromatic rings. The lowest BCUT2D eigenvalue weighted by Crippen LogP contribution is -2.22. The maximum absolute atomic E-state index is 11.0. The van der Waals surface area contributed by atoms with Crippen LogP contribution in [0.1, 0.15) is 25.7 Å². The van der Waals surface area contributed by atoms with Gasteiger partial charge in [-0.05, 0) is 12.8 Å². The summed E-state index contributed by atoms with van der Waals surface area (Å²) in [7, 11) is 0. The average molecular weight is 234 g/mol. The third-order valence-corrected chi connectivity index (χ3v) is 2.04. The van der Waals surface area contributed by atoms with Crippen molar-refractivity contribution in [2.45, 2.75) is 25.7 Å². The second-order valence-electron chi connectivity index (χ2n) is 2.59. The van der Waals surface area contributed by atoms with E-state index in [-0.39, 0.29) is 5.91 Å². The van der Waals surface area contributed by atoms with Crippen molar-refractivity contribution in [2.24, 2.45) is 0 Å². The van der Waals surface area contributed by atoms with E-state index in [9.17, 15) is 4.79 Å². The zero-order valence-electron chi connectivity index (χ0n) is 7.31. The predicted octanol–water partition coefficient (Wildman–Crippen LogP) is 2.24. The minimum absolute atomic E-state index is 0.129. The normalized spacial score (nSPS) is 9.42. The Morgan fingerprint density at radius 3 is 2.75 bits per heavy atom. The third kappa shape index (κ3) is 7.79. The van der Waals surface area contributed by atoms with Crippen LogP contribution in [0.2, 0.25) is 0 Å². The van der Waals surface area contributed by atoms with Crippen molar-refractivity contribution in [3.8, 4) is 0 Å². The Balaban J connectivity index is 3.13. The molecule has 0 aliphatic heterocycles. The van der Waals surface area contributed by atoms with Gasteiger partial charge in [0.2, 0.25) is 5.91 Å². The zero-order chi connectivity index (χ0) is 9.23. The summed E-state index contributed by atoms with van der Waals surface area (Å²) in [6, 6.07) is 0. The molecule has 0 radical (unpaired) electrons. The molecule has 0 rings (SSSR count). The molecule has 0 saturated carbocycles. The van der Waals surface area contributed by atoms with E-state index in [1.807, 2.05) is 0 Å². The molecule has 0 fully saturated rings. The molecule has 0 aliphatic rings. The SMILES string of the molecule is C=CCNC(=O)CCCCCBr. The number of carbonyl (C=O) groups is 1. The van der Waals surface area contributed by atoms with Crippen LogP contribution in [-0.2, 0) is 4.79 Å². The highest BCUT2D eigenvalue weighted by Crippen LogP contribution is 2.01. The van der Waals surface area contributed by atoms with Crippen LogP contribution in [0, 0.1) is 0 Å². The van der Waals surface area contributed by atoms with E-state index in [0.29, 0.717) is 13.0 Å². The van der Waals surface area contributed by atoms with E-state index in [1.54, 1.807) is 6.08 Å². The largest absolute Gasteiger partial charge is 0.353 e. The van der Waals surface area contributed by atoms with Crippen LogP contribution in [0.3, 0.4) is 0 Å². The van der Waals surface area contributed by atoms with Gasteiger partial charge in [0.15, 0.2) is 0 Å². The number of hydrogen-bond acceptors (Lipinski definition) is 1. The summed E-state index contributed by atoms with van der Waals surface area (Å²) in [5.74, 6) is 0.129. The van der Waals surface area contributed by atoms with Crippen LogP contribution in [0.5, 0.6) is 0 Å². The highest BCUT2D eigenvalue weighted by atomic mass is 79.9. The van der Waals surface area contributed by atoms with E-state index in [1.165, 1.54) is 0 Å². The maximum Gasteiger partial charge on any atom is 0.220 e. The third-order valence-electron chi connectivity index (χ3n) is 1.48. The number of rotatable bonds is 7. The van der Waals surface area contributed by atoms with Gasteiger partial charge in [-0.3, -0.25) is 4.79 Å². The molecule has 0 atom stereocenters. The molecular weight excluding hydrogens is 218 g/mol. The standard InChI is InChI=1S/C9H16BrNO/c1-2-8-11-9(12)6-4-3-5-7-10/h2H,1,3-8H2,(H,11,12). The van der Waals surface area contributed by atoms with Gasteiger partial charge in [-0.25, -0.2) is 0 Å². The zero-order valence-corrected chi connectivity index (χ0v) is 8.90. The average Bonchev–Trinajstić information content (AvgIpc) is 2.09. The molecule has 0 bridgehead atoms. The van der Waals surface area contributed by atoms with Crippen molar-refractivity contribution in [3.05, 3.63) is 12.7 Å². The molecule has 1 amide bonds. The maximum atomic E-state index is 11.0. The first-order valence-corrected chi connectivity index (χ1v) is 5.37. The van der Waals surface area contributed by atoms with Crippen molar-refractivity contribution < 1.29 is 4.79 Å². The Bertz CT molecular complexity index is 136. The van der Waals surface area contributed by atoms with Crippen LogP contribution in [-0.4, -0.2) is 17.8 Å². The molecule has 0 aromatic carbocycles. The molecule has 3 heteroatoms. The van der Waals surface area contributed by atoms with Crippen LogP contribution in [0.25, 0.3) is 0 Å². The quantitative estimate of drug-likeness (QED) is 0.408. The summed E-state index contributed by atoms with van der Waals surface area (Å²) in [6.07, 6.45) is 5.58. The number of nitrogens with one attached hydrogen (secondary N) is 1. The second kappa shape index (κ2) is 8.78. The van der Waals surface area contributed by atoms with Gasteiger partial charge in [-0.2, -0.15) is 0 Å². The van der Waals surface area contributed by atoms with Gasteiger partial charge >= 0.3 is 0 Å². The molecule has 0 heterocycles. The Morgan fingerprint density at radius 2 is 2.17 bits per heavy atom. The van der Waals surface area contributed by atoms with Crippen molar-refractivity contribution in [1.29, 1.82) is 0 Å². The number of amides is 1. The van der Waals surface area contributed by atoms with E-state index >= 15 is 0 Å². The Morgan fingerprint density at radius 1 is 1.42 bits per heavy atom. The number of hydrogen-bond donors (Lipinski definition) is 1. The van der Waals surface area contributed by atoms with Crippen LogP contribution >= 0.6 is 15.9 Å². The van der Waals surface area contributed by atoms with Gasteiger partial charge in [-0.1, -0.05) is 28.4 Å². The predicted molar refractivity (Wildman–Crippen MR) is 55.5 cm³/mol. The van der Waals surface area contributed by atoms with Crippen molar-refractivity contribution in [3.63, 3.8) is 0 Å². The monoisotopic (exact) mass is 233 g/mol. The summed E-state index contributed by atoms with van der Waals surface area (Å²) in [5.41, 5.74) is 0. The molecule has 0 aliphatic carbocycles. The van der Waals surface area contributed by atoms with Gasteiger partial charge in [0.05, 0.1) is 0 Å². The number of unbranched alkanes of at least 4 members (excludes halogenated alkanes) is 2. The molecule has 2 nitrogen and oxygen atoms in total. The van der Waals surface area contributed by atoms with Crippen molar-refractivity contribution in [2.75, 3.05) is 11.9 Å². The lowest BCUT2D eigenvalue weighted by atomic mass is 10.2. The minimum atomic E-state index is 0.129. The highest BCUT2D eigenvalue weighted by molar-refractivity contribution is 9.09. The fourth-order valence-corrected chi connectivity index (χ4v) is 1.23. The summed E-state index contributed by atoms with van der Waals surface area (Å²) in [5, 5.41) is 3.77. The van der Waals surface area contributed by atoms with E-state index in [0.717, 1.165) is 24.6 Å². The summed E-state index contributed by atoms with van der Waals surface area (Å²) >= 11 is 3.34. The van der Waals surface area contributed by atoms with Gasteiger partial charge in [-0.15, -0.1) is 6.58 Å². The second-order valence-corrected chi connectivity index (χ2v) is 3.39. The molecule has 0 unspecified atom stereocenters. The molecule has 0 spiro atoms.